The number of rotatable bonds is 8. The minimum absolute atomic E-state index is 0.157. The average Bonchev–Trinajstić information content (AvgIpc) is 2.81. The van der Waals surface area contributed by atoms with E-state index >= 15 is 0 Å². The fourth-order valence-corrected chi connectivity index (χ4v) is 6.35. The van der Waals surface area contributed by atoms with Crippen LogP contribution in [-0.2, 0) is 19.1 Å². The molecule has 2 unspecified atom stereocenters. The van der Waals surface area contributed by atoms with Crippen LogP contribution in [0.5, 0.6) is 0 Å². The molecule has 0 saturated heterocycles. The molecule has 2 atom stereocenters. The Morgan fingerprint density at radius 3 is 1.25 bits per heavy atom. The van der Waals surface area contributed by atoms with Gasteiger partial charge in [0.1, 0.15) is 0 Å². The van der Waals surface area contributed by atoms with Gasteiger partial charge in [0.15, 0.2) is 0 Å². The van der Waals surface area contributed by atoms with Crippen molar-refractivity contribution in [2.24, 2.45) is 47.3 Å². The Balaban J connectivity index is 1.41. The van der Waals surface area contributed by atoms with Gasteiger partial charge >= 0.3 is 11.9 Å². The number of hydrogen-bond donors (Lipinski definition) is 0. The average molecular weight is 449 g/mol. The molecule has 184 valence electrons. The van der Waals surface area contributed by atoms with E-state index in [1.165, 1.54) is 25.7 Å². The largest absolute Gasteiger partial charge is 0.465 e. The smallest absolute Gasteiger partial charge is 0.309 e. The lowest BCUT2D eigenvalue weighted by atomic mass is 9.77. The molecule has 4 heteroatoms. The SMILES string of the molecule is CC(C)C1CCC(COC(=O)C2CCCCC2C(=O)OCC2CCC(C(C)C)CC2)CC1. The highest BCUT2D eigenvalue weighted by Crippen LogP contribution is 2.36. The molecule has 0 spiro atoms. The van der Waals surface area contributed by atoms with Gasteiger partial charge in [-0.1, -0.05) is 40.5 Å². The van der Waals surface area contributed by atoms with Crippen molar-refractivity contribution in [2.75, 3.05) is 13.2 Å². The first kappa shape index (κ1) is 25.6. The maximum atomic E-state index is 12.9. The van der Waals surface area contributed by atoms with Crippen LogP contribution >= 0.6 is 0 Å². The molecule has 3 fully saturated rings. The monoisotopic (exact) mass is 448 g/mol. The van der Waals surface area contributed by atoms with Crippen molar-refractivity contribution >= 4 is 11.9 Å². The fourth-order valence-electron chi connectivity index (χ4n) is 6.35. The summed E-state index contributed by atoms with van der Waals surface area (Å²) >= 11 is 0. The van der Waals surface area contributed by atoms with E-state index in [0.717, 1.165) is 75.0 Å². The second-order valence-electron chi connectivity index (χ2n) is 11.8. The summed E-state index contributed by atoms with van der Waals surface area (Å²) in [7, 11) is 0. The Morgan fingerprint density at radius 1 is 0.594 bits per heavy atom. The zero-order chi connectivity index (χ0) is 23.1. The van der Waals surface area contributed by atoms with Crippen LogP contribution in [0.4, 0.5) is 0 Å². The van der Waals surface area contributed by atoms with Gasteiger partial charge < -0.3 is 9.47 Å². The molecule has 0 heterocycles. The van der Waals surface area contributed by atoms with Crippen molar-refractivity contribution in [1.29, 1.82) is 0 Å². The summed E-state index contributed by atoms with van der Waals surface area (Å²) < 4.78 is 11.6. The van der Waals surface area contributed by atoms with E-state index in [1.807, 2.05) is 0 Å². The van der Waals surface area contributed by atoms with Gasteiger partial charge in [0.25, 0.3) is 0 Å². The predicted molar refractivity (Wildman–Crippen MR) is 128 cm³/mol. The van der Waals surface area contributed by atoms with E-state index < -0.39 is 0 Å². The first-order valence-corrected chi connectivity index (χ1v) is 13.7. The minimum atomic E-state index is -0.306. The molecule has 3 aliphatic carbocycles. The maximum absolute atomic E-state index is 12.9. The lowest BCUT2D eigenvalue weighted by Crippen LogP contribution is -2.36. The molecular formula is C28H48O4. The van der Waals surface area contributed by atoms with Crippen molar-refractivity contribution in [3.05, 3.63) is 0 Å². The highest BCUT2D eigenvalue weighted by atomic mass is 16.5. The molecule has 3 aliphatic rings. The van der Waals surface area contributed by atoms with Gasteiger partial charge in [-0.3, -0.25) is 9.59 Å². The lowest BCUT2D eigenvalue weighted by Gasteiger charge is -2.33. The molecule has 0 amide bonds. The van der Waals surface area contributed by atoms with Crippen LogP contribution in [-0.4, -0.2) is 25.2 Å². The molecule has 4 nitrogen and oxygen atoms in total. The van der Waals surface area contributed by atoms with E-state index in [2.05, 4.69) is 27.7 Å². The maximum Gasteiger partial charge on any atom is 0.309 e. The summed E-state index contributed by atoms with van der Waals surface area (Å²) in [6, 6.07) is 0. The van der Waals surface area contributed by atoms with Gasteiger partial charge in [0, 0.05) is 0 Å². The number of carbonyl (C=O) groups excluding carboxylic acids is 2. The number of hydrogen-bond acceptors (Lipinski definition) is 4. The molecule has 0 aromatic heterocycles. The topological polar surface area (TPSA) is 52.6 Å². The van der Waals surface area contributed by atoms with Crippen molar-refractivity contribution < 1.29 is 19.1 Å². The molecule has 0 radical (unpaired) electrons. The van der Waals surface area contributed by atoms with Crippen molar-refractivity contribution in [1.82, 2.24) is 0 Å². The number of ether oxygens (including phenoxy) is 2. The van der Waals surface area contributed by atoms with Crippen molar-refractivity contribution in [2.45, 2.75) is 105 Å². The summed E-state index contributed by atoms with van der Waals surface area (Å²) in [5.41, 5.74) is 0. The summed E-state index contributed by atoms with van der Waals surface area (Å²) in [5, 5.41) is 0. The Labute approximate surface area is 196 Å². The van der Waals surface area contributed by atoms with E-state index in [-0.39, 0.29) is 23.8 Å². The van der Waals surface area contributed by atoms with Crippen LogP contribution in [0.2, 0.25) is 0 Å². The highest BCUT2D eigenvalue weighted by Gasteiger charge is 2.38. The fraction of sp³-hybridized carbons (Fsp3) is 0.929. The summed E-state index contributed by atoms with van der Waals surface area (Å²) in [6.45, 7) is 10.3. The first-order valence-electron chi connectivity index (χ1n) is 13.7. The third-order valence-electron chi connectivity index (χ3n) is 8.96. The molecule has 0 N–H and O–H groups in total. The zero-order valence-electron chi connectivity index (χ0n) is 21.2. The van der Waals surface area contributed by atoms with Gasteiger partial charge in [0.2, 0.25) is 0 Å². The Hall–Kier alpha value is -1.06. The summed E-state index contributed by atoms with van der Waals surface area (Å²) in [6.07, 6.45) is 13.2. The molecule has 3 saturated carbocycles. The molecule has 3 rings (SSSR count). The molecule has 0 bridgehead atoms. The standard InChI is InChI=1S/C28H48O4/c1-19(2)23-13-9-21(10-14-23)17-31-27(29)25-7-5-6-8-26(25)28(30)32-18-22-11-15-24(16-12-22)20(3)4/h19-26H,5-18H2,1-4H3. The van der Waals surface area contributed by atoms with Crippen molar-refractivity contribution in [3.63, 3.8) is 0 Å². The molecule has 0 aliphatic heterocycles. The van der Waals surface area contributed by atoms with Gasteiger partial charge in [-0.2, -0.15) is 0 Å². The molecule has 0 aromatic carbocycles. The van der Waals surface area contributed by atoms with Crippen LogP contribution in [0, 0.1) is 47.3 Å². The predicted octanol–water partition coefficient (Wildman–Crippen LogP) is 6.80. The number of carbonyl (C=O) groups is 2. The van der Waals surface area contributed by atoms with Gasteiger partial charge in [-0.05, 0) is 99.7 Å². The highest BCUT2D eigenvalue weighted by molar-refractivity contribution is 5.82. The van der Waals surface area contributed by atoms with Crippen LogP contribution in [0.1, 0.15) is 105 Å². The minimum Gasteiger partial charge on any atom is -0.465 e. The van der Waals surface area contributed by atoms with E-state index in [4.69, 9.17) is 9.47 Å². The van der Waals surface area contributed by atoms with Crippen molar-refractivity contribution in [3.8, 4) is 0 Å². The Kier molecular flexibility index (Phi) is 9.92. The summed E-state index contributed by atoms with van der Waals surface area (Å²) in [5.74, 6) is 3.19. The van der Waals surface area contributed by atoms with Crippen LogP contribution in [0.3, 0.4) is 0 Å². The van der Waals surface area contributed by atoms with Gasteiger partial charge in [-0.25, -0.2) is 0 Å². The van der Waals surface area contributed by atoms with Gasteiger partial charge in [-0.15, -0.1) is 0 Å². The quantitative estimate of drug-likeness (QED) is 0.383. The zero-order valence-corrected chi connectivity index (χ0v) is 21.2. The van der Waals surface area contributed by atoms with E-state index in [0.29, 0.717) is 25.0 Å². The van der Waals surface area contributed by atoms with Crippen LogP contribution < -0.4 is 0 Å². The van der Waals surface area contributed by atoms with E-state index in [1.54, 1.807) is 0 Å². The van der Waals surface area contributed by atoms with Crippen LogP contribution in [0.15, 0.2) is 0 Å². The van der Waals surface area contributed by atoms with Gasteiger partial charge in [0.05, 0.1) is 25.0 Å². The Bertz CT molecular complexity index is 530. The molecule has 32 heavy (non-hydrogen) atoms. The number of esters is 2. The summed E-state index contributed by atoms with van der Waals surface area (Å²) in [4.78, 5) is 25.8. The third kappa shape index (κ3) is 7.22. The van der Waals surface area contributed by atoms with Crippen LogP contribution in [0.25, 0.3) is 0 Å². The second kappa shape index (κ2) is 12.4. The second-order valence-corrected chi connectivity index (χ2v) is 11.8. The molecule has 0 aromatic rings. The van der Waals surface area contributed by atoms with E-state index in [9.17, 15) is 9.59 Å². The lowest BCUT2D eigenvalue weighted by molar-refractivity contribution is -0.164. The first-order chi connectivity index (χ1) is 15.3. The normalized spacial score (nSPS) is 33.8. The molecular weight excluding hydrogens is 400 g/mol. The Morgan fingerprint density at radius 2 is 0.938 bits per heavy atom. The third-order valence-corrected chi connectivity index (χ3v) is 8.96.